The molecule has 4 nitrogen and oxygen atoms in total. The van der Waals surface area contributed by atoms with Gasteiger partial charge in [-0.3, -0.25) is 4.79 Å². The molecule has 0 saturated carbocycles. The van der Waals surface area contributed by atoms with Crippen LogP contribution in [0.15, 0.2) is 24.5 Å². The van der Waals surface area contributed by atoms with Crippen molar-refractivity contribution < 1.29 is 9.90 Å². The van der Waals surface area contributed by atoms with Crippen molar-refractivity contribution in [2.45, 2.75) is 13.3 Å². The summed E-state index contributed by atoms with van der Waals surface area (Å²) in [5.41, 5.74) is 2.42. The van der Waals surface area contributed by atoms with E-state index < -0.39 is 5.97 Å². The largest absolute Gasteiger partial charge is 0.481 e. The number of carboxylic acids is 1. The van der Waals surface area contributed by atoms with Crippen LogP contribution in [0.2, 0.25) is 0 Å². The molecular formula is C11H10N2O2. The Morgan fingerprint density at radius 2 is 2.20 bits per heavy atom. The fraction of sp³-hybridized carbons (Fsp3) is 0.182. The van der Waals surface area contributed by atoms with Gasteiger partial charge in [0, 0.05) is 5.39 Å². The van der Waals surface area contributed by atoms with Gasteiger partial charge in [-0.15, -0.1) is 0 Å². The maximum atomic E-state index is 10.6. The second-order valence-corrected chi connectivity index (χ2v) is 3.36. The Hall–Kier alpha value is -1.97. The van der Waals surface area contributed by atoms with Crippen molar-refractivity contribution in [3.63, 3.8) is 0 Å². The number of hydrogen-bond acceptors (Lipinski definition) is 3. The molecule has 1 aromatic carbocycles. The molecule has 76 valence electrons. The monoisotopic (exact) mass is 202 g/mol. The molecule has 0 amide bonds. The highest BCUT2D eigenvalue weighted by Gasteiger charge is 2.08. The average Bonchev–Trinajstić information content (AvgIpc) is 2.19. The quantitative estimate of drug-likeness (QED) is 0.802. The van der Waals surface area contributed by atoms with Gasteiger partial charge in [0.1, 0.15) is 6.33 Å². The number of nitrogens with zero attached hydrogens (tertiary/aromatic N) is 2. The van der Waals surface area contributed by atoms with Gasteiger partial charge in [0.15, 0.2) is 0 Å². The molecule has 0 atom stereocenters. The molecule has 0 aliphatic rings. The Morgan fingerprint density at radius 3 is 2.93 bits per heavy atom. The van der Waals surface area contributed by atoms with E-state index in [0.29, 0.717) is 5.69 Å². The standard InChI is InChI=1S/C11H10N2O2/c1-7-3-2-4-8-9(5-10(14)15)12-6-13-11(7)8/h2-4,6H,5H2,1H3,(H,14,15). The average molecular weight is 202 g/mol. The van der Waals surface area contributed by atoms with E-state index in [1.807, 2.05) is 25.1 Å². The predicted molar refractivity (Wildman–Crippen MR) is 55.6 cm³/mol. The highest BCUT2D eigenvalue weighted by atomic mass is 16.4. The molecule has 2 rings (SSSR count). The number of carboxylic acid groups (broad SMARTS) is 1. The predicted octanol–water partition coefficient (Wildman–Crippen LogP) is 1.57. The number of aromatic nitrogens is 2. The van der Waals surface area contributed by atoms with E-state index in [1.165, 1.54) is 6.33 Å². The van der Waals surface area contributed by atoms with Crippen LogP contribution < -0.4 is 0 Å². The van der Waals surface area contributed by atoms with Crippen molar-refractivity contribution in [3.05, 3.63) is 35.8 Å². The number of benzene rings is 1. The van der Waals surface area contributed by atoms with Gasteiger partial charge in [0.25, 0.3) is 0 Å². The molecule has 0 saturated heterocycles. The smallest absolute Gasteiger partial charge is 0.309 e. The van der Waals surface area contributed by atoms with Crippen LogP contribution in [-0.4, -0.2) is 21.0 Å². The Bertz CT molecular complexity index is 523. The summed E-state index contributed by atoms with van der Waals surface area (Å²) in [5.74, 6) is -0.878. The molecule has 2 aromatic rings. The molecule has 4 heteroatoms. The second kappa shape index (κ2) is 3.65. The Kier molecular flexibility index (Phi) is 2.33. The lowest BCUT2D eigenvalue weighted by molar-refractivity contribution is -0.136. The highest BCUT2D eigenvalue weighted by molar-refractivity contribution is 5.86. The molecule has 0 aliphatic heterocycles. The van der Waals surface area contributed by atoms with Crippen LogP contribution in [0.5, 0.6) is 0 Å². The highest BCUT2D eigenvalue weighted by Crippen LogP contribution is 2.18. The van der Waals surface area contributed by atoms with Crippen molar-refractivity contribution in [1.82, 2.24) is 9.97 Å². The summed E-state index contributed by atoms with van der Waals surface area (Å²) < 4.78 is 0. The molecule has 1 heterocycles. The van der Waals surface area contributed by atoms with Crippen LogP contribution in [0, 0.1) is 6.92 Å². The van der Waals surface area contributed by atoms with E-state index >= 15 is 0 Å². The van der Waals surface area contributed by atoms with Crippen LogP contribution in [0.25, 0.3) is 10.9 Å². The number of rotatable bonds is 2. The summed E-state index contributed by atoms with van der Waals surface area (Å²) in [6.07, 6.45) is 1.34. The number of fused-ring (bicyclic) bond motifs is 1. The van der Waals surface area contributed by atoms with Gasteiger partial charge in [0.2, 0.25) is 0 Å². The third-order valence-electron chi connectivity index (χ3n) is 2.27. The van der Waals surface area contributed by atoms with Crippen molar-refractivity contribution in [2.75, 3.05) is 0 Å². The number of para-hydroxylation sites is 1. The van der Waals surface area contributed by atoms with Gasteiger partial charge in [-0.05, 0) is 12.5 Å². The van der Waals surface area contributed by atoms with Gasteiger partial charge in [-0.2, -0.15) is 0 Å². The van der Waals surface area contributed by atoms with Gasteiger partial charge in [-0.25, -0.2) is 9.97 Å². The van der Waals surface area contributed by atoms with Crippen LogP contribution in [0.4, 0.5) is 0 Å². The molecular weight excluding hydrogens is 192 g/mol. The fourth-order valence-corrected chi connectivity index (χ4v) is 1.57. The summed E-state index contributed by atoms with van der Waals surface area (Å²) in [5, 5.41) is 9.55. The number of aryl methyl sites for hydroxylation is 1. The number of carbonyl (C=O) groups is 1. The Balaban J connectivity index is 2.65. The number of hydrogen-bond donors (Lipinski definition) is 1. The minimum Gasteiger partial charge on any atom is -0.481 e. The molecule has 0 aliphatic carbocycles. The van der Waals surface area contributed by atoms with Crippen molar-refractivity contribution in [2.24, 2.45) is 0 Å². The lowest BCUT2D eigenvalue weighted by Crippen LogP contribution is -2.03. The maximum absolute atomic E-state index is 10.6. The van der Waals surface area contributed by atoms with E-state index in [1.54, 1.807) is 0 Å². The maximum Gasteiger partial charge on any atom is 0.309 e. The summed E-state index contributed by atoms with van der Waals surface area (Å²) in [6, 6.07) is 5.67. The van der Waals surface area contributed by atoms with Crippen LogP contribution >= 0.6 is 0 Å². The number of aliphatic carboxylic acids is 1. The van der Waals surface area contributed by atoms with Crippen molar-refractivity contribution >= 4 is 16.9 Å². The first-order chi connectivity index (χ1) is 7.18. The summed E-state index contributed by atoms with van der Waals surface area (Å²) in [4.78, 5) is 18.8. The minimum absolute atomic E-state index is 0.0670. The van der Waals surface area contributed by atoms with Gasteiger partial charge in [0.05, 0.1) is 17.6 Å². The minimum atomic E-state index is -0.878. The SMILES string of the molecule is Cc1cccc2c(CC(=O)O)ncnc12. The van der Waals surface area contributed by atoms with E-state index in [4.69, 9.17) is 5.11 Å². The lowest BCUT2D eigenvalue weighted by atomic mass is 10.1. The molecule has 1 N–H and O–H groups in total. The molecule has 1 aromatic heterocycles. The van der Waals surface area contributed by atoms with E-state index in [0.717, 1.165) is 16.5 Å². The van der Waals surface area contributed by atoms with E-state index in [-0.39, 0.29) is 6.42 Å². The fourth-order valence-electron chi connectivity index (χ4n) is 1.57. The zero-order chi connectivity index (χ0) is 10.8. The van der Waals surface area contributed by atoms with Crippen LogP contribution in [-0.2, 0) is 11.2 Å². The van der Waals surface area contributed by atoms with E-state index in [2.05, 4.69) is 9.97 Å². The lowest BCUT2D eigenvalue weighted by Gasteiger charge is -2.04. The second-order valence-electron chi connectivity index (χ2n) is 3.36. The van der Waals surface area contributed by atoms with Crippen LogP contribution in [0.1, 0.15) is 11.3 Å². The first kappa shape index (κ1) is 9.58. The normalized spacial score (nSPS) is 10.5. The topological polar surface area (TPSA) is 63.1 Å². The van der Waals surface area contributed by atoms with Crippen LogP contribution in [0.3, 0.4) is 0 Å². The summed E-state index contributed by atoms with van der Waals surface area (Å²) in [7, 11) is 0. The molecule has 15 heavy (non-hydrogen) atoms. The molecule has 0 radical (unpaired) electrons. The zero-order valence-electron chi connectivity index (χ0n) is 8.27. The first-order valence-corrected chi connectivity index (χ1v) is 4.59. The van der Waals surface area contributed by atoms with Crippen molar-refractivity contribution in [1.29, 1.82) is 0 Å². The molecule has 0 spiro atoms. The van der Waals surface area contributed by atoms with Gasteiger partial charge >= 0.3 is 5.97 Å². The van der Waals surface area contributed by atoms with Crippen molar-refractivity contribution in [3.8, 4) is 0 Å². The molecule has 0 unspecified atom stereocenters. The third kappa shape index (κ3) is 1.79. The summed E-state index contributed by atoms with van der Waals surface area (Å²) in [6.45, 7) is 1.94. The Labute approximate surface area is 86.6 Å². The first-order valence-electron chi connectivity index (χ1n) is 4.59. The van der Waals surface area contributed by atoms with Gasteiger partial charge < -0.3 is 5.11 Å². The third-order valence-corrected chi connectivity index (χ3v) is 2.27. The molecule has 0 fully saturated rings. The molecule has 0 bridgehead atoms. The van der Waals surface area contributed by atoms with E-state index in [9.17, 15) is 4.79 Å². The Morgan fingerprint density at radius 1 is 1.40 bits per heavy atom. The summed E-state index contributed by atoms with van der Waals surface area (Å²) >= 11 is 0. The van der Waals surface area contributed by atoms with Gasteiger partial charge in [-0.1, -0.05) is 18.2 Å². The zero-order valence-corrected chi connectivity index (χ0v) is 8.27.